The minimum absolute atomic E-state index is 0.0895. The van der Waals surface area contributed by atoms with E-state index in [9.17, 15) is 0 Å². The third-order valence-corrected chi connectivity index (χ3v) is 0.948. The zero-order valence-electron chi connectivity index (χ0n) is 4.24. The van der Waals surface area contributed by atoms with Crippen LogP contribution in [0.5, 0.6) is 0 Å². The van der Waals surface area contributed by atoms with Gasteiger partial charge in [-0.25, -0.2) is 5.53 Å². The van der Waals surface area contributed by atoms with Gasteiger partial charge in [0.25, 0.3) is 0 Å². The second-order valence-corrected chi connectivity index (χ2v) is 1.62. The number of hydrogen-bond acceptors (Lipinski definition) is 5. The number of hydrogen-bond donors (Lipinski definition) is 1. The van der Waals surface area contributed by atoms with Crippen molar-refractivity contribution in [2.45, 2.75) is 0 Å². The van der Waals surface area contributed by atoms with E-state index in [4.69, 9.17) is 17.1 Å². The summed E-state index contributed by atoms with van der Waals surface area (Å²) >= 11 is 5.45. The Labute approximate surface area is 55.6 Å². The lowest BCUT2D eigenvalue weighted by atomic mass is 10.6. The third-order valence-electron chi connectivity index (χ3n) is 0.682. The van der Waals surface area contributed by atoms with Crippen molar-refractivity contribution in [3.63, 3.8) is 0 Å². The van der Waals surface area contributed by atoms with Crippen LogP contribution >= 0.6 is 11.6 Å². The van der Waals surface area contributed by atoms with E-state index in [1.54, 1.807) is 0 Å². The van der Waals surface area contributed by atoms with Gasteiger partial charge < -0.3 is 0 Å². The lowest BCUT2D eigenvalue weighted by Gasteiger charge is -1.86. The van der Waals surface area contributed by atoms with Crippen LogP contribution in [0.1, 0.15) is 0 Å². The van der Waals surface area contributed by atoms with Crippen molar-refractivity contribution in [2.24, 2.45) is 5.11 Å². The van der Waals surface area contributed by atoms with Gasteiger partial charge in [-0.05, 0) is 5.21 Å². The smallest absolute Gasteiger partial charge is 0.203 e. The molecule has 0 unspecified atom stereocenters. The molecule has 0 aliphatic carbocycles. The number of nitrogens with zero attached hydrogens (tertiary/aromatic N) is 4. The summed E-state index contributed by atoms with van der Waals surface area (Å²) in [5.74, 6) is 0.0895. The number of aromatic nitrogens is 3. The highest BCUT2D eigenvalue weighted by atomic mass is 35.5. The molecule has 6 heteroatoms. The minimum Gasteiger partial charge on any atom is -0.203 e. The number of halogens is 1. The molecular formula is C3H2ClN5. The lowest BCUT2D eigenvalue weighted by Crippen LogP contribution is -1.83. The molecule has 1 aromatic rings. The predicted molar refractivity (Wildman–Crippen MR) is 29.6 cm³/mol. The van der Waals surface area contributed by atoms with Crippen molar-refractivity contribution in [3.8, 4) is 0 Å². The highest BCUT2D eigenvalue weighted by molar-refractivity contribution is 6.32. The Balaban J connectivity index is 3.15. The van der Waals surface area contributed by atoms with Gasteiger partial charge in [-0.1, -0.05) is 11.6 Å². The van der Waals surface area contributed by atoms with Crippen LogP contribution in [-0.4, -0.2) is 15.4 Å². The molecule has 0 atom stereocenters. The summed E-state index contributed by atoms with van der Waals surface area (Å²) in [6, 6.07) is 0. The van der Waals surface area contributed by atoms with E-state index in [0.717, 1.165) is 0 Å². The van der Waals surface area contributed by atoms with Gasteiger partial charge in [0, 0.05) is 0 Å². The van der Waals surface area contributed by atoms with Crippen LogP contribution < -0.4 is 0 Å². The highest BCUT2D eigenvalue weighted by Gasteiger charge is 1.96. The predicted octanol–water partition coefficient (Wildman–Crippen LogP) is 1.19. The Hall–Kier alpha value is -1.10. The van der Waals surface area contributed by atoms with Crippen molar-refractivity contribution in [3.05, 3.63) is 11.2 Å². The monoisotopic (exact) mass is 143 g/mol. The average Bonchev–Trinajstić information content (AvgIpc) is 1.89. The van der Waals surface area contributed by atoms with Crippen molar-refractivity contribution >= 4 is 17.4 Å². The minimum atomic E-state index is 0.0895. The maximum atomic E-state index is 6.49. The van der Waals surface area contributed by atoms with Gasteiger partial charge in [0.1, 0.15) is 5.02 Å². The second-order valence-electron chi connectivity index (χ2n) is 1.22. The summed E-state index contributed by atoms with van der Waals surface area (Å²) in [6.45, 7) is 0. The quantitative estimate of drug-likeness (QED) is 0.600. The van der Waals surface area contributed by atoms with Crippen molar-refractivity contribution < 1.29 is 0 Å². The fraction of sp³-hybridized carbons (Fsp3) is 0. The summed E-state index contributed by atoms with van der Waals surface area (Å²) in [4.78, 5) is 0. The Kier molecular flexibility index (Phi) is 1.64. The van der Waals surface area contributed by atoms with Crippen LogP contribution in [0, 0.1) is 5.53 Å². The Morgan fingerprint density at radius 2 is 2.44 bits per heavy atom. The van der Waals surface area contributed by atoms with E-state index < -0.39 is 0 Å². The van der Waals surface area contributed by atoms with Gasteiger partial charge >= 0.3 is 0 Å². The van der Waals surface area contributed by atoms with Crippen molar-refractivity contribution in [1.82, 2.24) is 15.4 Å². The van der Waals surface area contributed by atoms with Gasteiger partial charge in [-0.3, -0.25) is 0 Å². The summed E-state index contributed by atoms with van der Waals surface area (Å²) in [6.07, 6.45) is 1.28. The first-order valence-electron chi connectivity index (χ1n) is 2.06. The molecule has 1 heterocycles. The van der Waals surface area contributed by atoms with Crippen molar-refractivity contribution in [1.29, 1.82) is 5.53 Å². The van der Waals surface area contributed by atoms with Crippen LogP contribution in [0.25, 0.3) is 0 Å². The van der Waals surface area contributed by atoms with Crippen LogP contribution in [0.4, 0.5) is 5.82 Å². The molecule has 5 nitrogen and oxygen atoms in total. The lowest BCUT2D eigenvalue weighted by molar-refractivity contribution is 0.852. The van der Waals surface area contributed by atoms with Gasteiger partial charge in [0.2, 0.25) is 5.82 Å². The van der Waals surface area contributed by atoms with E-state index in [2.05, 4.69) is 20.5 Å². The molecular weight excluding hydrogens is 142 g/mol. The highest BCUT2D eigenvalue weighted by Crippen LogP contribution is 2.17. The van der Waals surface area contributed by atoms with E-state index in [0.29, 0.717) is 0 Å². The van der Waals surface area contributed by atoms with Gasteiger partial charge in [-0.15, -0.1) is 15.3 Å². The summed E-state index contributed by atoms with van der Waals surface area (Å²) < 4.78 is 0. The molecule has 0 aliphatic heterocycles. The molecule has 1 aromatic heterocycles. The maximum absolute atomic E-state index is 6.49. The van der Waals surface area contributed by atoms with Gasteiger partial charge in [0.05, 0.1) is 6.20 Å². The normalized spacial score (nSPS) is 9.00. The van der Waals surface area contributed by atoms with Crippen LogP contribution in [0.15, 0.2) is 11.3 Å². The first-order chi connectivity index (χ1) is 4.34. The molecule has 1 N–H and O–H groups in total. The second kappa shape index (κ2) is 2.45. The third kappa shape index (κ3) is 1.17. The first kappa shape index (κ1) is 6.03. The fourth-order valence-electron chi connectivity index (χ4n) is 0.326. The fourth-order valence-corrected chi connectivity index (χ4v) is 0.450. The molecule has 0 aliphatic rings. The van der Waals surface area contributed by atoms with E-state index >= 15 is 0 Å². The Morgan fingerprint density at radius 3 is 2.89 bits per heavy atom. The molecule has 0 amide bonds. The SMILES string of the molecule is N=Nc1nnncc1Cl. The molecule has 0 bridgehead atoms. The summed E-state index contributed by atoms with van der Waals surface area (Å²) in [5.41, 5.74) is 6.49. The standard InChI is InChI=1S/C3H2ClN5/c4-2-1-6-9-8-3(2)7-5/h1,5H. The average molecular weight is 144 g/mol. The maximum Gasteiger partial charge on any atom is 0.217 e. The zero-order valence-corrected chi connectivity index (χ0v) is 5.00. The molecule has 0 radical (unpaired) electrons. The largest absolute Gasteiger partial charge is 0.217 e. The topological polar surface area (TPSA) is 74.9 Å². The summed E-state index contributed by atoms with van der Waals surface area (Å²) in [7, 11) is 0. The zero-order chi connectivity index (χ0) is 6.69. The van der Waals surface area contributed by atoms with E-state index in [-0.39, 0.29) is 10.8 Å². The molecule has 46 valence electrons. The van der Waals surface area contributed by atoms with Crippen LogP contribution in [0.2, 0.25) is 5.02 Å². The summed E-state index contributed by atoms with van der Waals surface area (Å²) in [5, 5.41) is 13.1. The molecule has 0 spiro atoms. The first-order valence-corrected chi connectivity index (χ1v) is 2.43. The van der Waals surface area contributed by atoms with Crippen molar-refractivity contribution in [2.75, 3.05) is 0 Å². The number of rotatable bonds is 1. The van der Waals surface area contributed by atoms with Gasteiger partial charge in [0.15, 0.2) is 0 Å². The van der Waals surface area contributed by atoms with Crippen LogP contribution in [-0.2, 0) is 0 Å². The Bertz CT molecular complexity index is 223. The van der Waals surface area contributed by atoms with E-state index in [1.807, 2.05) is 0 Å². The molecule has 9 heavy (non-hydrogen) atoms. The van der Waals surface area contributed by atoms with E-state index in [1.165, 1.54) is 6.20 Å². The molecule has 0 saturated carbocycles. The van der Waals surface area contributed by atoms with Gasteiger partial charge in [-0.2, -0.15) is 0 Å². The van der Waals surface area contributed by atoms with Crippen LogP contribution in [0.3, 0.4) is 0 Å². The molecule has 0 aromatic carbocycles. The molecule has 1 rings (SSSR count). The Morgan fingerprint density at radius 1 is 1.67 bits per heavy atom. The molecule has 0 saturated heterocycles. The molecule has 0 fully saturated rings. The number of nitrogens with one attached hydrogen (secondary N) is 1.